The first-order chi connectivity index (χ1) is 23.3. The van der Waals surface area contributed by atoms with Crippen LogP contribution in [0.25, 0.3) is 33.4 Å². The van der Waals surface area contributed by atoms with Crippen molar-refractivity contribution in [3.05, 3.63) is 143 Å². The molecule has 0 aliphatic heterocycles. The van der Waals surface area contributed by atoms with Gasteiger partial charge in [-0.2, -0.15) is 0 Å². The first-order valence-electron chi connectivity index (χ1n) is 18.1. The van der Waals surface area contributed by atoms with Crippen LogP contribution in [0.4, 0.5) is 0 Å². The van der Waals surface area contributed by atoms with Crippen LogP contribution < -0.4 is 9.92 Å². The largest absolute Gasteiger partial charge is 0.489 e. The van der Waals surface area contributed by atoms with Crippen LogP contribution in [0.15, 0.2) is 110 Å². The standard InChI is InChI=1S/C46H52OSi/c1-8-11-17-34-19-13-15-21-38(34)36-23-25-40-41-26-24-37(39-22-16-14-20-35(39)18-12-9-2)31-43(41)46(42(40)30-36)48(6,7)44-29-32(4)28-33(5)45(44)47-27-10-3/h10,13-16,19-26,28-31,46H,3,8-9,11-12,17-18,27H2,1-2,4-7H3. The molecule has 0 heterocycles. The second-order valence-electron chi connectivity index (χ2n) is 14.3. The molecule has 2 heteroatoms. The number of benzene rings is 5. The highest BCUT2D eigenvalue weighted by Gasteiger charge is 2.44. The fraction of sp³-hybridized carbons (Fsp3) is 0.304. The Morgan fingerprint density at radius 3 is 1.69 bits per heavy atom. The van der Waals surface area contributed by atoms with Crippen LogP contribution in [0.1, 0.15) is 78.5 Å². The molecule has 0 unspecified atom stereocenters. The molecule has 0 amide bonds. The van der Waals surface area contributed by atoms with E-state index in [1.165, 1.54) is 97.6 Å². The molecule has 0 bridgehead atoms. The van der Waals surface area contributed by atoms with Crippen molar-refractivity contribution in [2.24, 2.45) is 0 Å². The number of unbranched alkanes of at least 4 members (excludes halogenated alkanes) is 2. The average molecular weight is 649 g/mol. The van der Waals surface area contributed by atoms with Gasteiger partial charge in [0.2, 0.25) is 0 Å². The van der Waals surface area contributed by atoms with Gasteiger partial charge in [-0.15, -0.1) is 0 Å². The van der Waals surface area contributed by atoms with Gasteiger partial charge in [-0.25, -0.2) is 0 Å². The summed E-state index contributed by atoms with van der Waals surface area (Å²) in [5.74, 6) is 1.05. The van der Waals surface area contributed by atoms with Crippen LogP contribution in [-0.4, -0.2) is 14.7 Å². The second kappa shape index (κ2) is 14.5. The molecule has 0 radical (unpaired) electrons. The summed E-state index contributed by atoms with van der Waals surface area (Å²) >= 11 is 0. The maximum absolute atomic E-state index is 6.50. The molecule has 246 valence electrons. The lowest BCUT2D eigenvalue weighted by molar-refractivity contribution is 0.363. The van der Waals surface area contributed by atoms with E-state index in [9.17, 15) is 0 Å². The van der Waals surface area contributed by atoms with E-state index in [0.717, 1.165) is 18.6 Å². The Hall–Kier alpha value is -4.14. The molecule has 1 nitrogen and oxygen atoms in total. The van der Waals surface area contributed by atoms with Gasteiger partial charge in [0, 0.05) is 5.54 Å². The van der Waals surface area contributed by atoms with Crippen LogP contribution in [0.3, 0.4) is 0 Å². The molecule has 0 saturated carbocycles. The van der Waals surface area contributed by atoms with Crippen molar-refractivity contribution < 1.29 is 4.74 Å². The first kappa shape index (κ1) is 33.7. The van der Waals surface area contributed by atoms with Crippen LogP contribution in [-0.2, 0) is 12.8 Å². The number of hydrogen-bond acceptors (Lipinski definition) is 1. The summed E-state index contributed by atoms with van der Waals surface area (Å²) in [4.78, 5) is 0. The zero-order valence-corrected chi connectivity index (χ0v) is 31.0. The summed E-state index contributed by atoms with van der Waals surface area (Å²) < 4.78 is 6.50. The summed E-state index contributed by atoms with van der Waals surface area (Å²) in [5, 5.41) is 1.40. The summed E-state index contributed by atoms with van der Waals surface area (Å²) in [6, 6.07) is 37.4. The van der Waals surface area contributed by atoms with E-state index in [-0.39, 0.29) is 5.54 Å². The van der Waals surface area contributed by atoms with Gasteiger partial charge < -0.3 is 4.74 Å². The van der Waals surface area contributed by atoms with Crippen molar-refractivity contribution in [2.45, 2.75) is 84.9 Å². The molecular formula is C46H52OSi. The molecule has 6 rings (SSSR count). The van der Waals surface area contributed by atoms with Crippen molar-refractivity contribution in [2.75, 3.05) is 6.61 Å². The molecule has 0 saturated heterocycles. The smallest absolute Gasteiger partial charge is 0.121 e. The highest BCUT2D eigenvalue weighted by molar-refractivity contribution is 6.92. The minimum atomic E-state index is -2.28. The van der Waals surface area contributed by atoms with Crippen molar-refractivity contribution in [1.29, 1.82) is 0 Å². The average Bonchev–Trinajstić information content (AvgIpc) is 3.43. The lowest BCUT2D eigenvalue weighted by Gasteiger charge is -2.34. The van der Waals surface area contributed by atoms with E-state index in [2.05, 4.69) is 144 Å². The summed E-state index contributed by atoms with van der Waals surface area (Å²) in [6.45, 7) is 18.6. The van der Waals surface area contributed by atoms with E-state index in [1.54, 1.807) is 0 Å². The van der Waals surface area contributed by atoms with Gasteiger partial charge in [0.15, 0.2) is 0 Å². The zero-order chi connectivity index (χ0) is 33.8. The minimum Gasteiger partial charge on any atom is -0.489 e. The predicted molar refractivity (Wildman–Crippen MR) is 211 cm³/mol. The second-order valence-corrected chi connectivity index (χ2v) is 18.9. The number of fused-ring (bicyclic) bond motifs is 3. The Morgan fingerprint density at radius 2 is 1.19 bits per heavy atom. The zero-order valence-electron chi connectivity index (χ0n) is 30.0. The number of hydrogen-bond donors (Lipinski definition) is 0. The van der Waals surface area contributed by atoms with Gasteiger partial charge in [-0.05, 0) is 106 Å². The highest BCUT2D eigenvalue weighted by atomic mass is 28.3. The maximum Gasteiger partial charge on any atom is 0.121 e. The Bertz CT molecular complexity index is 1830. The third-order valence-corrected chi connectivity index (χ3v) is 14.3. The molecule has 1 aliphatic rings. The summed E-state index contributed by atoms with van der Waals surface area (Å²) in [7, 11) is -2.28. The van der Waals surface area contributed by atoms with E-state index in [0.29, 0.717) is 6.61 Å². The highest BCUT2D eigenvalue weighted by Crippen LogP contribution is 2.51. The lowest BCUT2D eigenvalue weighted by atomic mass is 9.93. The van der Waals surface area contributed by atoms with Crippen LogP contribution in [0.5, 0.6) is 5.75 Å². The predicted octanol–water partition coefficient (Wildman–Crippen LogP) is 12.2. The quantitative estimate of drug-likeness (QED) is 0.0912. The Kier molecular flexibility index (Phi) is 10.2. The molecule has 48 heavy (non-hydrogen) atoms. The molecular weight excluding hydrogens is 597 g/mol. The Morgan fingerprint density at radius 1 is 0.667 bits per heavy atom. The molecule has 0 atom stereocenters. The van der Waals surface area contributed by atoms with Gasteiger partial charge >= 0.3 is 0 Å². The van der Waals surface area contributed by atoms with Crippen LogP contribution >= 0.6 is 0 Å². The normalized spacial score (nSPS) is 12.5. The molecule has 0 aromatic heterocycles. The van der Waals surface area contributed by atoms with Gasteiger partial charge in [0.1, 0.15) is 12.4 Å². The maximum atomic E-state index is 6.50. The van der Waals surface area contributed by atoms with Crippen LogP contribution in [0.2, 0.25) is 13.1 Å². The van der Waals surface area contributed by atoms with E-state index >= 15 is 0 Å². The van der Waals surface area contributed by atoms with E-state index in [1.807, 2.05) is 6.08 Å². The summed E-state index contributed by atoms with van der Waals surface area (Å²) in [5.41, 5.74) is 16.8. The Labute approximate surface area is 290 Å². The summed E-state index contributed by atoms with van der Waals surface area (Å²) in [6.07, 6.45) is 8.90. The molecule has 5 aromatic rings. The topological polar surface area (TPSA) is 9.23 Å². The molecule has 0 spiro atoms. The third kappa shape index (κ3) is 6.48. The lowest BCUT2D eigenvalue weighted by Crippen LogP contribution is -2.48. The number of aryl methyl sites for hydroxylation is 4. The Balaban J connectivity index is 1.57. The third-order valence-electron chi connectivity index (χ3n) is 10.5. The van der Waals surface area contributed by atoms with Gasteiger partial charge in [-0.3, -0.25) is 0 Å². The SMILES string of the molecule is C=CCOc1c(C)cc(C)cc1[Si](C)(C)C1c2cc(-c3ccccc3CCCC)ccc2-c2ccc(-c3ccccc3CCCC)cc21. The fourth-order valence-electron chi connectivity index (χ4n) is 8.07. The minimum absolute atomic E-state index is 0.278. The first-order valence-corrected chi connectivity index (χ1v) is 21.2. The molecule has 1 aliphatic carbocycles. The number of ether oxygens (including phenoxy) is 1. The van der Waals surface area contributed by atoms with Gasteiger partial charge in [0.25, 0.3) is 0 Å². The van der Waals surface area contributed by atoms with Crippen molar-refractivity contribution in [3.8, 4) is 39.1 Å². The van der Waals surface area contributed by atoms with Crippen molar-refractivity contribution in [3.63, 3.8) is 0 Å². The molecule has 0 N–H and O–H groups in total. The van der Waals surface area contributed by atoms with E-state index < -0.39 is 8.07 Å². The fourth-order valence-corrected chi connectivity index (χ4v) is 11.9. The monoisotopic (exact) mass is 648 g/mol. The van der Waals surface area contributed by atoms with Crippen molar-refractivity contribution >= 4 is 13.3 Å². The van der Waals surface area contributed by atoms with Gasteiger partial charge in [-0.1, -0.05) is 155 Å². The molecule has 0 fully saturated rings. The van der Waals surface area contributed by atoms with Crippen LogP contribution in [0, 0.1) is 13.8 Å². The van der Waals surface area contributed by atoms with Gasteiger partial charge in [0.05, 0.1) is 8.07 Å². The van der Waals surface area contributed by atoms with E-state index in [4.69, 9.17) is 4.74 Å². The van der Waals surface area contributed by atoms with Crippen molar-refractivity contribution in [1.82, 2.24) is 0 Å². The molecule has 5 aromatic carbocycles. The number of rotatable bonds is 13.